The Bertz CT molecular complexity index is 377. The van der Waals surface area contributed by atoms with E-state index in [0.717, 1.165) is 19.4 Å². The first-order valence-corrected chi connectivity index (χ1v) is 5.05. The molecule has 0 saturated heterocycles. The van der Waals surface area contributed by atoms with E-state index in [0.29, 0.717) is 11.9 Å². The zero-order chi connectivity index (χ0) is 10.8. The quantitative estimate of drug-likeness (QED) is 0.802. The van der Waals surface area contributed by atoms with Crippen molar-refractivity contribution in [3.05, 3.63) is 17.8 Å². The van der Waals surface area contributed by atoms with Crippen LogP contribution in [0.4, 0.5) is 5.82 Å². The summed E-state index contributed by atoms with van der Waals surface area (Å²) in [7, 11) is 0. The minimum Gasteiger partial charge on any atom is -0.478 e. The first-order chi connectivity index (χ1) is 7.24. The zero-order valence-corrected chi connectivity index (χ0v) is 8.55. The summed E-state index contributed by atoms with van der Waals surface area (Å²) in [6, 6.07) is 1.94. The summed E-state index contributed by atoms with van der Waals surface area (Å²) >= 11 is 0. The normalized spacial score (nSPS) is 15.0. The molecule has 0 bridgehead atoms. The second kappa shape index (κ2) is 3.84. The maximum absolute atomic E-state index is 11.0. The van der Waals surface area contributed by atoms with Crippen LogP contribution in [0.1, 0.15) is 30.1 Å². The molecular weight excluding hydrogens is 194 g/mol. The van der Waals surface area contributed by atoms with Crippen molar-refractivity contribution in [1.29, 1.82) is 0 Å². The SMILES string of the molecule is CCN(c1nnccc1C(=O)O)C1CC1. The largest absolute Gasteiger partial charge is 0.478 e. The lowest BCUT2D eigenvalue weighted by atomic mass is 10.2. The van der Waals surface area contributed by atoms with Crippen LogP contribution in [0.5, 0.6) is 0 Å². The van der Waals surface area contributed by atoms with Crippen molar-refractivity contribution in [3.8, 4) is 0 Å². The Morgan fingerprint density at radius 1 is 1.67 bits per heavy atom. The zero-order valence-electron chi connectivity index (χ0n) is 8.55. The van der Waals surface area contributed by atoms with Gasteiger partial charge in [0.05, 0.1) is 6.20 Å². The molecule has 1 N–H and O–H groups in total. The molecule has 0 spiro atoms. The number of anilines is 1. The van der Waals surface area contributed by atoms with Gasteiger partial charge in [0, 0.05) is 12.6 Å². The molecular formula is C10H13N3O2. The molecule has 1 aromatic heterocycles. The second-order valence-electron chi connectivity index (χ2n) is 3.59. The van der Waals surface area contributed by atoms with Crippen LogP contribution in [0.2, 0.25) is 0 Å². The standard InChI is InChI=1S/C10H13N3O2/c1-2-13(7-3-4-7)9-8(10(14)15)5-6-11-12-9/h5-7H,2-4H2,1H3,(H,14,15). The van der Waals surface area contributed by atoms with Crippen LogP contribution in [0.15, 0.2) is 12.3 Å². The van der Waals surface area contributed by atoms with E-state index in [1.165, 1.54) is 12.3 Å². The number of aromatic carboxylic acids is 1. The first-order valence-electron chi connectivity index (χ1n) is 5.05. The first kappa shape index (κ1) is 9.89. The number of nitrogens with zero attached hydrogens (tertiary/aromatic N) is 3. The third kappa shape index (κ3) is 1.91. The molecule has 0 atom stereocenters. The monoisotopic (exact) mass is 207 g/mol. The summed E-state index contributed by atoms with van der Waals surface area (Å²) in [5, 5.41) is 16.7. The van der Waals surface area contributed by atoms with Crippen LogP contribution in [-0.2, 0) is 0 Å². The van der Waals surface area contributed by atoms with E-state index in [9.17, 15) is 4.79 Å². The minimum absolute atomic E-state index is 0.235. The highest BCUT2D eigenvalue weighted by Gasteiger charge is 2.31. The number of carbonyl (C=O) groups is 1. The molecule has 1 aliphatic carbocycles. The van der Waals surface area contributed by atoms with Gasteiger partial charge in [0.25, 0.3) is 0 Å². The van der Waals surface area contributed by atoms with Crippen molar-refractivity contribution in [3.63, 3.8) is 0 Å². The van der Waals surface area contributed by atoms with E-state index in [-0.39, 0.29) is 5.56 Å². The van der Waals surface area contributed by atoms with Crippen LogP contribution in [0, 0.1) is 0 Å². The predicted molar refractivity (Wildman–Crippen MR) is 55.0 cm³/mol. The molecule has 1 saturated carbocycles. The van der Waals surface area contributed by atoms with Crippen LogP contribution >= 0.6 is 0 Å². The fourth-order valence-electron chi connectivity index (χ4n) is 1.67. The Balaban J connectivity index is 2.36. The van der Waals surface area contributed by atoms with Gasteiger partial charge in [-0.1, -0.05) is 0 Å². The van der Waals surface area contributed by atoms with Crippen molar-refractivity contribution < 1.29 is 9.90 Å². The number of carboxylic acid groups (broad SMARTS) is 1. The van der Waals surface area contributed by atoms with Crippen molar-refractivity contribution in [2.24, 2.45) is 0 Å². The lowest BCUT2D eigenvalue weighted by Gasteiger charge is -2.21. The number of carboxylic acids is 1. The molecule has 5 heteroatoms. The van der Waals surface area contributed by atoms with Gasteiger partial charge in [0.1, 0.15) is 5.56 Å². The fraction of sp³-hybridized carbons (Fsp3) is 0.500. The summed E-state index contributed by atoms with van der Waals surface area (Å²) in [4.78, 5) is 13.0. The van der Waals surface area contributed by atoms with E-state index in [4.69, 9.17) is 5.11 Å². The lowest BCUT2D eigenvalue weighted by Crippen LogP contribution is -2.28. The topological polar surface area (TPSA) is 66.3 Å². The van der Waals surface area contributed by atoms with Crippen LogP contribution in [0.3, 0.4) is 0 Å². The molecule has 5 nitrogen and oxygen atoms in total. The Morgan fingerprint density at radius 2 is 2.40 bits per heavy atom. The minimum atomic E-state index is -0.945. The third-order valence-electron chi connectivity index (χ3n) is 2.53. The van der Waals surface area contributed by atoms with Gasteiger partial charge in [-0.25, -0.2) is 4.79 Å². The summed E-state index contributed by atoms with van der Waals surface area (Å²) in [6.07, 6.45) is 3.64. The van der Waals surface area contributed by atoms with Crippen LogP contribution < -0.4 is 4.90 Å². The van der Waals surface area contributed by atoms with Gasteiger partial charge >= 0.3 is 5.97 Å². The Labute approximate surface area is 87.7 Å². The average Bonchev–Trinajstić information content (AvgIpc) is 3.04. The summed E-state index contributed by atoms with van der Waals surface area (Å²) in [5.41, 5.74) is 0.235. The summed E-state index contributed by atoms with van der Waals surface area (Å²) in [6.45, 7) is 2.77. The van der Waals surface area contributed by atoms with Crippen molar-refractivity contribution in [1.82, 2.24) is 10.2 Å². The van der Waals surface area contributed by atoms with Gasteiger partial charge in [-0.15, -0.1) is 5.10 Å². The molecule has 0 radical (unpaired) electrons. The molecule has 0 amide bonds. The molecule has 2 rings (SSSR count). The highest BCUT2D eigenvalue weighted by atomic mass is 16.4. The van der Waals surface area contributed by atoms with Gasteiger partial charge < -0.3 is 10.0 Å². The average molecular weight is 207 g/mol. The molecule has 0 aromatic carbocycles. The molecule has 15 heavy (non-hydrogen) atoms. The molecule has 80 valence electrons. The van der Waals surface area contributed by atoms with Crippen molar-refractivity contribution >= 4 is 11.8 Å². The second-order valence-corrected chi connectivity index (χ2v) is 3.59. The number of hydrogen-bond acceptors (Lipinski definition) is 4. The third-order valence-corrected chi connectivity index (χ3v) is 2.53. The Kier molecular flexibility index (Phi) is 2.53. The summed E-state index contributed by atoms with van der Waals surface area (Å²) in [5.74, 6) is -0.450. The number of hydrogen-bond donors (Lipinski definition) is 1. The van der Waals surface area contributed by atoms with Crippen molar-refractivity contribution in [2.75, 3.05) is 11.4 Å². The predicted octanol–water partition coefficient (Wildman–Crippen LogP) is 1.16. The summed E-state index contributed by atoms with van der Waals surface area (Å²) < 4.78 is 0. The molecule has 1 aliphatic rings. The van der Waals surface area contributed by atoms with Gasteiger partial charge in [0.2, 0.25) is 0 Å². The molecule has 0 aliphatic heterocycles. The highest BCUT2D eigenvalue weighted by Crippen LogP contribution is 2.31. The van der Waals surface area contributed by atoms with E-state index in [1.54, 1.807) is 0 Å². The molecule has 1 fully saturated rings. The van der Waals surface area contributed by atoms with Crippen LogP contribution in [0.25, 0.3) is 0 Å². The smallest absolute Gasteiger partial charge is 0.339 e. The molecule has 1 aromatic rings. The number of aromatic nitrogens is 2. The van der Waals surface area contributed by atoms with Gasteiger partial charge in [0.15, 0.2) is 5.82 Å². The molecule has 1 heterocycles. The lowest BCUT2D eigenvalue weighted by molar-refractivity contribution is 0.0697. The van der Waals surface area contributed by atoms with Gasteiger partial charge in [-0.2, -0.15) is 5.10 Å². The maximum Gasteiger partial charge on any atom is 0.339 e. The highest BCUT2D eigenvalue weighted by molar-refractivity contribution is 5.93. The Hall–Kier alpha value is -1.65. The van der Waals surface area contributed by atoms with E-state index in [2.05, 4.69) is 10.2 Å². The molecule has 0 unspecified atom stereocenters. The van der Waals surface area contributed by atoms with E-state index in [1.807, 2.05) is 11.8 Å². The fourth-order valence-corrected chi connectivity index (χ4v) is 1.67. The van der Waals surface area contributed by atoms with E-state index < -0.39 is 5.97 Å². The van der Waals surface area contributed by atoms with Gasteiger partial charge in [-0.3, -0.25) is 0 Å². The van der Waals surface area contributed by atoms with E-state index >= 15 is 0 Å². The maximum atomic E-state index is 11.0. The van der Waals surface area contributed by atoms with Crippen LogP contribution in [-0.4, -0.2) is 33.9 Å². The van der Waals surface area contributed by atoms with Gasteiger partial charge in [-0.05, 0) is 25.8 Å². The Morgan fingerprint density at radius 3 is 2.93 bits per heavy atom. The number of rotatable bonds is 4. The van der Waals surface area contributed by atoms with Crippen molar-refractivity contribution in [2.45, 2.75) is 25.8 Å².